The fourth-order valence-corrected chi connectivity index (χ4v) is 3.78. The first kappa shape index (κ1) is 19.9. The Hall–Kier alpha value is -2.87. The number of rotatable bonds is 7. The van der Waals surface area contributed by atoms with Gasteiger partial charge in [0.05, 0.1) is 17.1 Å². The number of fused-ring (bicyclic) bond motifs is 1. The summed E-state index contributed by atoms with van der Waals surface area (Å²) in [5.74, 6) is 0.174. The number of pyridine rings is 1. The molecule has 1 aliphatic heterocycles. The van der Waals surface area contributed by atoms with Crippen LogP contribution in [0.3, 0.4) is 0 Å². The summed E-state index contributed by atoms with van der Waals surface area (Å²) < 4.78 is 5.27. The van der Waals surface area contributed by atoms with Crippen molar-refractivity contribution in [1.82, 2.24) is 15.0 Å². The highest BCUT2D eigenvalue weighted by Gasteiger charge is 2.36. The Balaban J connectivity index is 2.14. The van der Waals surface area contributed by atoms with E-state index >= 15 is 0 Å². The number of ether oxygens (including phenoxy) is 1. The number of carbonyl (C=O) groups is 1. The lowest BCUT2D eigenvalue weighted by molar-refractivity contribution is -0.138. The van der Waals surface area contributed by atoms with Crippen molar-refractivity contribution in [2.24, 2.45) is 0 Å². The van der Waals surface area contributed by atoms with Gasteiger partial charge >= 0.3 is 5.97 Å². The van der Waals surface area contributed by atoms with Crippen molar-refractivity contribution in [3.63, 3.8) is 0 Å². The van der Waals surface area contributed by atoms with Crippen LogP contribution in [0.4, 0.5) is 5.82 Å². The van der Waals surface area contributed by atoms with Gasteiger partial charge < -0.3 is 15.0 Å². The minimum absolute atomic E-state index is 0.0867. The molecule has 0 radical (unpaired) electrons. The van der Waals surface area contributed by atoms with Gasteiger partial charge in [0.15, 0.2) is 5.16 Å². The van der Waals surface area contributed by atoms with Crippen molar-refractivity contribution >= 4 is 23.5 Å². The topological polar surface area (TPSA) is 97.0 Å². The second-order valence-electron chi connectivity index (χ2n) is 6.25. The summed E-state index contributed by atoms with van der Waals surface area (Å²) >= 11 is 1.49. The zero-order valence-electron chi connectivity index (χ0n) is 15.8. The van der Waals surface area contributed by atoms with E-state index in [1.165, 1.54) is 17.8 Å². The van der Waals surface area contributed by atoms with Crippen LogP contribution < -0.4 is 10.9 Å². The first-order valence-electron chi connectivity index (χ1n) is 8.99. The monoisotopic (exact) mass is 398 g/mol. The molecule has 2 aromatic heterocycles. The summed E-state index contributed by atoms with van der Waals surface area (Å²) in [7, 11) is 0. The molecule has 2 N–H and O–H groups in total. The molecule has 0 aliphatic carbocycles. The quantitative estimate of drug-likeness (QED) is 0.320. The number of H-pyrrole nitrogens is 1. The number of esters is 1. The molecule has 7 nitrogen and oxygen atoms in total. The van der Waals surface area contributed by atoms with E-state index in [-0.39, 0.29) is 12.2 Å². The van der Waals surface area contributed by atoms with Gasteiger partial charge in [-0.2, -0.15) is 0 Å². The van der Waals surface area contributed by atoms with E-state index in [9.17, 15) is 9.59 Å². The standard InChI is InChI=1S/C20H22N4O3S/c1-4-9-27-19(26)14-12(3)22-17-16(15(14)13-7-6-8-21-11-13)18(25)24-20(23-17)28-10-5-2/h4,6-8,11,15H,1,5,9-10H2,2-3H3,(H2,22,23,24,25)/t15-/m1/s1. The Kier molecular flexibility index (Phi) is 6.30. The Morgan fingerprint density at radius 3 is 2.96 bits per heavy atom. The predicted molar refractivity (Wildman–Crippen MR) is 109 cm³/mol. The maximum atomic E-state index is 13.0. The summed E-state index contributed by atoms with van der Waals surface area (Å²) in [5, 5.41) is 3.66. The van der Waals surface area contributed by atoms with E-state index in [0.717, 1.165) is 17.7 Å². The Morgan fingerprint density at radius 2 is 2.29 bits per heavy atom. The van der Waals surface area contributed by atoms with Crippen LogP contribution in [0.2, 0.25) is 0 Å². The maximum Gasteiger partial charge on any atom is 0.337 e. The number of aromatic amines is 1. The van der Waals surface area contributed by atoms with Gasteiger partial charge in [-0.15, -0.1) is 0 Å². The number of carbonyl (C=O) groups excluding carboxylic acids is 1. The molecule has 0 saturated heterocycles. The minimum atomic E-state index is -0.622. The van der Waals surface area contributed by atoms with Gasteiger partial charge in [0.2, 0.25) is 0 Å². The molecule has 146 valence electrons. The smallest absolute Gasteiger partial charge is 0.337 e. The third-order valence-corrected chi connectivity index (χ3v) is 5.31. The van der Waals surface area contributed by atoms with Crippen LogP contribution in [0, 0.1) is 0 Å². The molecule has 1 atom stereocenters. The van der Waals surface area contributed by atoms with E-state index < -0.39 is 11.9 Å². The Bertz CT molecular complexity index is 969. The molecule has 0 amide bonds. The first-order chi connectivity index (χ1) is 13.6. The van der Waals surface area contributed by atoms with E-state index in [0.29, 0.717) is 27.8 Å². The number of allylic oxidation sites excluding steroid dienone is 1. The fourth-order valence-electron chi connectivity index (χ4n) is 3.06. The van der Waals surface area contributed by atoms with Crippen LogP contribution in [-0.4, -0.2) is 33.3 Å². The molecular formula is C20H22N4O3S. The van der Waals surface area contributed by atoms with Crippen molar-refractivity contribution < 1.29 is 9.53 Å². The largest absolute Gasteiger partial charge is 0.458 e. The lowest BCUT2D eigenvalue weighted by Gasteiger charge is -2.28. The molecule has 2 aromatic rings. The maximum absolute atomic E-state index is 13.0. The van der Waals surface area contributed by atoms with E-state index in [1.54, 1.807) is 25.4 Å². The summed E-state index contributed by atoms with van der Waals surface area (Å²) in [6.07, 6.45) is 5.76. The molecule has 0 aromatic carbocycles. The lowest BCUT2D eigenvalue weighted by Crippen LogP contribution is -2.31. The van der Waals surface area contributed by atoms with Crippen LogP contribution in [0.15, 0.2) is 58.4 Å². The van der Waals surface area contributed by atoms with E-state index in [4.69, 9.17) is 4.74 Å². The van der Waals surface area contributed by atoms with Crippen LogP contribution in [0.25, 0.3) is 0 Å². The van der Waals surface area contributed by atoms with Crippen molar-refractivity contribution in [3.05, 3.63) is 69.9 Å². The van der Waals surface area contributed by atoms with Gasteiger partial charge in [0.1, 0.15) is 12.4 Å². The van der Waals surface area contributed by atoms with Gasteiger partial charge in [0.25, 0.3) is 5.56 Å². The first-order valence-corrected chi connectivity index (χ1v) is 9.98. The molecule has 0 saturated carbocycles. The van der Waals surface area contributed by atoms with Crippen LogP contribution >= 0.6 is 11.8 Å². The Morgan fingerprint density at radius 1 is 1.46 bits per heavy atom. The van der Waals surface area contributed by atoms with Crippen molar-refractivity contribution in [2.75, 3.05) is 17.7 Å². The molecular weight excluding hydrogens is 376 g/mol. The lowest BCUT2D eigenvalue weighted by atomic mass is 9.83. The minimum Gasteiger partial charge on any atom is -0.458 e. The number of anilines is 1. The molecule has 3 rings (SSSR count). The SMILES string of the molecule is C=CCOC(=O)C1=C(C)Nc2nc(SCCC)[nH]c(=O)c2[C@@H]1c1cccnc1. The summed E-state index contributed by atoms with van der Waals surface area (Å²) in [6, 6.07) is 3.60. The average molecular weight is 398 g/mol. The molecule has 0 spiro atoms. The number of thioether (sulfide) groups is 1. The zero-order chi connectivity index (χ0) is 20.1. The summed E-state index contributed by atoms with van der Waals surface area (Å²) in [6.45, 7) is 7.50. The number of nitrogens with zero attached hydrogens (tertiary/aromatic N) is 2. The summed E-state index contributed by atoms with van der Waals surface area (Å²) in [4.78, 5) is 37.3. The molecule has 0 unspecified atom stereocenters. The molecule has 3 heterocycles. The Labute approximate surface area is 167 Å². The summed E-state index contributed by atoms with van der Waals surface area (Å²) in [5.41, 5.74) is 1.77. The molecule has 0 bridgehead atoms. The van der Waals surface area contributed by atoms with Gasteiger partial charge in [-0.1, -0.05) is 37.4 Å². The normalized spacial score (nSPS) is 15.6. The van der Waals surface area contributed by atoms with Gasteiger partial charge in [-0.05, 0) is 25.0 Å². The van der Waals surface area contributed by atoms with Crippen molar-refractivity contribution in [1.29, 1.82) is 0 Å². The zero-order valence-corrected chi connectivity index (χ0v) is 16.6. The highest BCUT2D eigenvalue weighted by molar-refractivity contribution is 7.99. The highest BCUT2D eigenvalue weighted by atomic mass is 32.2. The second kappa shape index (κ2) is 8.88. The fraction of sp³-hybridized carbons (Fsp3) is 0.300. The van der Waals surface area contributed by atoms with Crippen LogP contribution in [0.1, 0.15) is 37.3 Å². The molecule has 0 fully saturated rings. The number of hydrogen-bond donors (Lipinski definition) is 2. The third kappa shape index (κ3) is 4.01. The van der Waals surface area contributed by atoms with E-state index in [2.05, 4.69) is 33.8 Å². The van der Waals surface area contributed by atoms with Gasteiger partial charge in [-0.25, -0.2) is 9.78 Å². The van der Waals surface area contributed by atoms with Crippen molar-refractivity contribution in [2.45, 2.75) is 31.3 Å². The molecule has 1 aliphatic rings. The molecule has 28 heavy (non-hydrogen) atoms. The van der Waals surface area contributed by atoms with Crippen LogP contribution in [-0.2, 0) is 9.53 Å². The second-order valence-corrected chi connectivity index (χ2v) is 7.34. The highest BCUT2D eigenvalue weighted by Crippen LogP contribution is 2.39. The molecule has 8 heteroatoms. The average Bonchev–Trinajstić information content (AvgIpc) is 2.70. The van der Waals surface area contributed by atoms with E-state index in [1.807, 2.05) is 6.07 Å². The predicted octanol–water partition coefficient (Wildman–Crippen LogP) is 3.23. The van der Waals surface area contributed by atoms with Crippen molar-refractivity contribution in [3.8, 4) is 0 Å². The number of aromatic nitrogens is 3. The number of nitrogens with one attached hydrogen (secondary N) is 2. The van der Waals surface area contributed by atoms with Gasteiger partial charge in [-0.3, -0.25) is 9.78 Å². The van der Waals surface area contributed by atoms with Gasteiger partial charge in [0, 0.05) is 23.8 Å². The number of hydrogen-bond acceptors (Lipinski definition) is 7. The van der Waals surface area contributed by atoms with Crippen LogP contribution in [0.5, 0.6) is 0 Å². The third-order valence-electron chi connectivity index (χ3n) is 4.23.